The van der Waals surface area contributed by atoms with E-state index in [2.05, 4.69) is 20.8 Å². The number of nitrogens with zero attached hydrogens (tertiary/aromatic N) is 1. The molecule has 3 atom stereocenters. The normalized spacial score (nSPS) is 24.8. The molecule has 2 aliphatic carbocycles. The molecule has 34 heavy (non-hydrogen) atoms. The third kappa shape index (κ3) is 3.90. The lowest BCUT2D eigenvalue weighted by atomic mass is 9.70. The Balaban J connectivity index is 1.55. The highest BCUT2D eigenvalue weighted by atomic mass is 35.5. The number of fused-ring (bicyclic) bond motifs is 2. The number of phenols is 2. The van der Waals surface area contributed by atoms with Crippen LogP contribution in [0, 0.1) is 22.6 Å². The monoisotopic (exact) mass is 489 g/mol. The van der Waals surface area contributed by atoms with Gasteiger partial charge in [-0.05, 0) is 54.9 Å². The third-order valence-corrected chi connectivity index (χ3v) is 8.58. The summed E-state index contributed by atoms with van der Waals surface area (Å²) >= 11 is 5.84. The molecule has 182 valence electrons. The Morgan fingerprint density at radius 2 is 1.91 bits per heavy atom. The zero-order valence-electron chi connectivity index (χ0n) is 19.7. The predicted molar refractivity (Wildman–Crippen MR) is 126 cm³/mol. The van der Waals surface area contributed by atoms with Gasteiger partial charge in [-0.1, -0.05) is 32.4 Å². The third-order valence-electron chi connectivity index (χ3n) is 8.29. The molecule has 2 bridgehead atoms. The summed E-state index contributed by atoms with van der Waals surface area (Å²) in [6.45, 7) is 7.74. The summed E-state index contributed by atoms with van der Waals surface area (Å²) < 4.78 is 19.6. The number of amides is 1. The molecule has 2 fully saturated rings. The maximum Gasteiger partial charge on any atom is 0.342 e. The van der Waals surface area contributed by atoms with Crippen LogP contribution in [-0.4, -0.2) is 28.2 Å². The van der Waals surface area contributed by atoms with E-state index in [9.17, 15) is 24.2 Å². The number of phenolic OH excluding ortho intramolecular Hbond substituents is 2. The minimum atomic E-state index is -0.653. The number of esters is 1. The molecule has 6 nitrogen and oxygen atoms in total. The van der Waals surface area contributed by atoms with Crippen molar-refractivity contribution in [1.29, 1.82) is 0 Å². The van der Waals surface area contributed by atoms with Gasteiger partial charge in [-0.2, -0.15) is 0 Å². The van der Waals surface area contributed by atoms with Crippen molar-refractivity contribution in [2.24, 2.45) is 16.7 Å². The quantitative estimate of drug-likeness (QED) is 0.517. The Bertz CT molecular complexity index is 1170. The van der Waals surface area contributed by atoms with E-state index >= 15 is 0 Å². The number of aromatic hydroxyl groups is 2. The summed E-state index contributed by atoms with van der Waals surface area (Å²) in [7, 11) is 0. The molecular formula is C26H29ClFNO5. The first-order valence-corrected chi connectivity index (χ1v) is 11.7. The van der Waals surface area contributed by atoms with Crippen LogP contribution in [0.3, 0.4) is 0 Å². The number of ether oxygens (including phenoxy) is 1. The van der Waals surface area contributed by atoms with Crippen molar-refractivity contribution >= 4 is 29.2 Å². The topological polar surface area (TPSA) is 87.1 Å². The van der Waals surface area contributed by atoms with Gasteiger partial charge in [-0.25, -0.2) is 9.18 Å². The minimum absolute atomic E-state index is 0.00748. The minimum Gasteiger partial charge on any atom is -0.507 e. The molecule has 1 amide bonds. The second-order valence-electron chi connectivity index (χ2n) is 10.2. The molecule has 0 heterocycles. The highest BCUT2D eigenvalue weighted by Crippen LogP contribution is 2.66. The van der Waals surface area contributed by atoms with Gasteiger partial charge >= 0.3 is 5.97 Å². The zero-order chi connectivity index (χ0) is 25.0. The fourth-order valence-corrected chi connectivity index (χ4v) is 5.88. The Morgan fingerprint density at radius 1 is 1.21 bits per heavy atom. The Labute approximate surface area is 203 Å². The van der Waals surface area contributed by atoms with Crippen molar-refractivity contribution in [3.05, 3.63) is 52.3 Å². The van der Waals surface area contributed by atoms with E-state index in [0.29, 0.717) is 5.92 Å². The molecule has 0 radical (unpaired) electrons. The van der Waals surface area contributed by atoms with Crippen LogP contribution in [0.25, 0.3) is 0 Å². The van der Waals surface area contributed by atoms with Crippen LogP contribution in [0.15, 0.2) is 30.3 Å². The van der Waals surface area contributed by atoms with Crippen molar-refractivity contribution in [3.8, 4) is 11.5 Å². The summed E-state index contributed by atoms with van der Waals surface area (Å²) in [6, 6.07) is 6.25. The molecule has 2 N–H and O–H groups in total. The van der Waals surface area contributed by atoms with Gasteiger partial charge in [0.05, 0.1) is 11.6 Å². The number of hydrogen-bond donors (Lipinski definition) is 2. The van der Waals surface area contributed by atoms with Gasteiger partial charge in [0.2, 0.25) is 5.91 Å². The van der Waals surface area contributed by atoms with Crippen LogP contribution in [0.2, 0.25) is 5.02 Å². The standard InChI is InChI=1S/C26H29ClFNO5/c1-14(30)29(13-15-9-17(28)11-20(27)23(15)32)18-5-6-19(21(31)12-18)24(33)34-22-10-16-7-8-26(22,4)25(16,2)3/h5-6,9,11-12,16,22,31-32H,7-8,10,13H2,1-4H3. The van der Waals surface area contributed by atoms with Crippen molar-refractivity contribution < 1.29 is 28.9 Å². The highest BCUT2D eigenvalue weighted by molar-refractivity contribution is 6.32. The van der Waals surface area contributed by atoms with Gasteiger partial charge in [0.25, 0.3) is 0 Å². The maximum atomic E-state index is 13.8. The number of carbonyl (C=O) groups excluding carboxylic acids is 2. The smallest absolute Gasteiger partial charge is 0.342 e. The summed E-state index contributed by atoms with van der Waals surface area (Å²) in [6.07, 6.45) is 2.72. The fraction of sp³-hybridized carbons (Fsp3) is 0.462. The van der Waals surface area contributed by atoms with Gasteiger partial charge in [0, 0.05) is 29.7 Å². The Kier molecular flexibility index (Phi) is 6.05. The highest BCUT2D eigenvalue weighted by Gasteiger charge is 2.62. The first-order valence-electron chi connectivity index (χ1n) is 11.3. The van der Waals surface area contributed by atoms with Crippen LogP contribution in [0.5, 0.6) is 11.5 Å². The fourth-order valence-electron chi connectivity index (χ4n) is 5.66. The number of anilines is 1. The van der Waals surface area contributed by atoms with E-state index in [4.69, 9.17) is 16.3 Å². The second-order valence-corrected chi connectivity index (χ2v) is 10.6. The van der Waals surface area contributed by atoms with E-state index in [0.717, 1.165) is 31.4 Å². The van der Waals surface area contributed by atoms with Gasteiger partial charge < -0.3 is 19.8 Å². The van der Waals surface area contributed by atoms with Crippen LogP contribution in [-0.2, 0) is 16.1 Å². The van der Waals surface area contributed by atoms with Gasteiger partial charge in [-0.3, -0.25) is 4.79 Å². The predicted octanol–water partition coefficient (Wildman–Crippen LogP) is 5.82. The molecule has 2 aliphatic rings. The van der Waals surface area contributed by atoms with Gasteiger partial charge in [-0.15, -0.1) is 0 Å². The number of hydrogen-bond acceptors (Lipinski definition) is 5. The second kappa shape index (κ2) is 8.45. The number of benzene rings is 2. The van der Waals surface area contributed by atoms with Crippen LogP contribution in [0.1, 0.15) is 62.9 Å². The van der Waals surface area contributed by atoms with E-state index in [-0.39, 0.29) is 56.8 Å². The molecule has 3 unspecified atom stereocenters. The van der Waals surface area contributed by atoms with Crippen molar-refractivity contribution in [2.75, 3.05) is 4.90 Å². The van der Waals surface area contributed by atoms with E-state index in [1.165, 1.54) is 30.0 Å². The lowest BCUT2D eigenvalue weighted by molar-refractivity contribution is -0.116. The number of halogens is 2. The summed E-state index contributed by atoms with van der Waals surface area (Å²) in [4.78, 5) is 26.5. The Morgan fingerprint density at radius 3 is 2.47 bits per heavy atom. The van der Waals surface area contributed by atoms with E-state index in [1.54, 1.807) is 0 Å². The van der Waals surface area contributed by atoms with Crippen LogP contribution < -0.4 is 4.90 Å². The summed E-state index contributed by atoms with van der Waals surface area (Å²) in [5, 5.41) is 20.6. The molecule has 0 saturated heterocycles. The molecule has 0 aliphatic heterocycles. The first-order chi connectivity index (χ1) is 15.8. The zero-order valence-corrected chi connectivity index (χ0v) is 20.4. The van der Waals surface area contributed by atoms with Crippen molar-refractivity contribution in [1.82, 2.24) is 0 Å². The number of carbonyl (C=O) groups is 2. The summed E-state index contributed by atoms with van der Waals surface area (Å²) in [5.74, 6) is -1.83. The van der Waals surface area contributed by atoms with Gasteiger partial charge in [0.1, 0.15) is 29.0 Å². The SMILES string of the molecule is CC(=O)N(Cc1cc(F)cc(Cl)c1O)c1ccc(C(=O)OC2CC3CCC2(C)C3(C)C)c(O)c1. The van der Waals surface area contributed by atoms with Crippen molar-refractivity contribution in [3.63, 3.8) is 0 Å². The van der Waals surface area contributed by atoms with Crippen LogP contribution in [0.4, 0.5) is 10.1 Å². The first kappa shape index (κ1) is 24.3. The average molecular weight is 490 g/mol. The molecular weight excluding hydrogens is 461 g/mol. The molecule has 2 aromatic carbocycles. The lowest BCUT2D eigenvalue weighted by Crippen LogP contribution is -2.38. The molecule has 2 aromatic rings. The van der Waals surface area contributed by atoms with E-state index < -0.39 is 17.7 Å². The molecule has 0 aromatic heterocycles. The Hall–Kier alpha value is -2.80. The largest absolute Gasteiger partial charge is 0.507 e. The average Bonchev–Trinajstić information content (AvgIpc) is 3.08. The molecule has 4 rings (SSSR count). The summed E-state index contributed by atoms with van der Waals surface area (Å²) in [5.41, 5.74) is 0.359. The molecule has 8 heteroatoms. The van der Waals surface area contributed by atoms with E-state index in [1.807, 2.05) is 0 Å². The molecule has 0 spiro atoms. The lowest BCUT2D eigenvalue weighted by Gasteiger charge is -2.38. The molecule has 2 saturated carbocycles. The van der Waals surface area contributed by atoms with Crippen LogP contribution >= 0.6 is 11.6 Å². The maximum absolute atomic E-state index is 13.8. The number of rotatable bonds is 5. The van der Waals surface area contributed by atoms with Gasteiger partial charge in [0.15, 0.2) is 0 Å². The van der Waals surface area contributed by atoms with Crippen molar-refractivity contribution in [2.45, 2.75) is 59.6 Å².